The lowest BCUT2D eigenvalue weighted by atomic mass is 10.2. The molecule has 8 heteroatoms. The van der Waals surface area contributed by atoms with Gasteiger partial charge in [-0.3, -0.25) is 0 Å². The zero-order valence-electron chi connectivity index (χ0n) is 12.7. The first-order valence-corrected chi connectivity index (χ1v) is 8.21. The lowest BCUT2D eigenvalue weighted by Crippen LogP contribution is -1.97. The molecule has 120 valence electrons. The van der Waals surface area contributed by atoms with Crippen molar-refractivity contribution in [3.8, 4) is 28.9 Å². The number of thiophene rings is 1. The van der Waals surface area contributed by atoms with Crippen LogP contribution in [-0.4, -0.2) is 20.1 Å². The Hall–Kier alpha value is -3.57. The quantitative estimate of drug-likeness (QED) is 0.598. The van der Waals surface area contributed by atoms with Crippen molar-refractivity contribution >= 4 is 22.8 Å². The third-order valence-corrected chi connectivity index (χ3v) is 4.09. The van der Waals surface area contributed by atoms with E-state index in [0.717, 1.165) is 11.3 Å². The number of nitriles is 1. The van der Waals surface area contributed by atoms with Crippen molar-refractivity contribution in [3.05, 3.63) is 59.2 Å². The molecule has 0 amide bonds. The van der Waals surface area contributed by atoms with Crippen molar-refractivity contribution in [1.29, 1.82) is 5.26 Å². The molecule has 0 aliphatic heterocycles. The molecule has 3 heterocycles. The fraction of sp³-hybridized carbons (Fsp3) is 0. The maximum absolute atomic E-state index is 9.02. The molecular formula is C17H10N6OS. The highest BCUT2D eigenvalue weighted by Gasteiger charge is 2.16. The Bertz CT molecular complexity index is 1050. The van der Waals surface area contributed by atoms with Crippen LogP contribution in [0, 0.1) is 11.3 Å². The summed E-state index contributed by atoms with van der Waals surface area (Å²) in [5, 5.41) is 20.1. The molecule has 0 bridgehead atoms. The average Bonchev–Trinajstić information content (AvgIpc) is 3.34. The summed E-state index contributed by atoms with van der Waals surface area (Å²) in [6.45, 7) is 0. The summed E-state index contributed by atoms with van der Waals surface area (Å²) < 4.78 is 5.37. The van der Waals surface area contributed by atoms with Crippen LogP contribution in [0.4, 0.5) is 11.5 Å². The van der Waals surface area contributed by atoms with E-state index in [0.29, 0.717) is 28.7 Å². The van der Waals surface area contributed by atoms with E-state index in [1.807, 2.05) is 22.9 Å². The maximum atomic E-state index is 9.02. The van der Waals surface area contributed by atoms with E-state index in [1.165, 1.54) is 6.33 Å². The lowest BCUT2D eigenvalue weighted by molar-refractivity contribution is 0.432. The number of benzene rings is 1. The molecule has 0 spiro atoms. The van der Waals surface area contributed by atoms with Crippen LogP contribution in [0.3, 0.4) is 0 Å². The van der Waals surface area contributed by atoms with Gasteiger partial charge in [0, 0.05) is 22.8 Å². The highest BCUT2D eigenvalue weighted by atomic mass is 32.1. The van der Waals surface area contributed by atoms with Crippen LogP contribution in [0.25, 0.3) is 22.8 Å². The second-order valence-corrected chi connectivity index (χ2v) is 5.82. The minimum Gasteiger partial charge on any atom is -0.339 e. The van der Waals surface area contributed by atoms with Crippen molar-refractivity contribution in [2.75, 3.05) is 5.32 Å². The van der Waals surface area contributed by atoms with Crippen molar-refractivity contribution in [2.45, 2.75) is 0 Å². The summed E-state index contributed by atoms with van der Waals surface area (Å²) in [5.41, 5.74) is 2.77. The lowest BCUT2D eigenvalue weighted by Gasteiger charge is -2.08. The zero-order valence-corrected chi connectivity index (χ0v) is 13.6. The second kappa shape index (κ2) is 6.51. The molecule has 0 aliphatic rings. The number of hydrogen-bond acceptors (Lipinski definition) is 8. The van der Waals surface area contributed by atoms with Gasteiger partial charge in [0.1, 0.15) is 17.7 Å². The predicted octanol–water partition coefficient (Wildman–Crippen LogP) is 3.87. The van der Waals surface area contributed by atoms with Gasteiger partial charge in [-0.2, -0.15) is 21.6 Å². The Morgan fingerprint density at radius 2 is 2.20 bits per heavy atom. The number of nitrogens with zero attached hydrogens (tertiary/aromatic N) is 5. The van der Waals surface area contributed by atoms with Gasteiger partial charge in [0.2, 0.25) is 5.82 Å². The molecule has 0 saturated carbocycles. The van der Waals surface area contributed by atoms with Gasteiger partial charge in [-0.25, -0.2) is 9.97 Å². The minimum atomic E-state index is 0.320. The van der Waals surface area contributed by atoms with E-state index in [-0.39, 0.29) is 0 Å². The number of nitrogens with one attached hydrogen (secondary N) is 1. The Morgan fingerprint density at radius 1 is 1.24 bits per heavy atom. The molecule has 1 aromatic carbocycles. The zero-order chi connectivity index (χ0) is 17.1. The molecule has 0 unspecified atom stereocenters. The summed E-state index contributed by atoms with van der Waals surface area (Å²) in [4.78, 5) is 12.7. The van der Waals surface area contributed by atoms with E-state index in [4.69, 9.17) is 9.78 Å². The van der Waals surface area contributed by atoms with Crippen LogP contribution in [0.15, 0.2) is 58.1 Å². The van der Waals surface area contributed by atoms with E-state index in [1.54, 1.807) is 35.7 Å². The monoisotopic (exact) mass is 346 g/mol. The van der Waals surface area contributed by atoms with Crippen LogP contribution in [0.5, 0.6) is 0 Å². The first-order valence-electron chi connectivity index (χ1n) is 7.27. The molecule has 0 radical (unpaired) electrons. The van der Waals surface area contributed by atoms with Gasteiger partial charge in [0.15, 0.2) is 0 Å². The largest absolute Gasteiger partial charge is 0.339 e. The summed E-state index contributed by atoms with van der Waals surface area (Å²) >= 11 is 1.56. The molecule has 3 aromatic heterocycles. The molecule has 4 aromatic rings. The van der Waals surface area contributed by atoms with Gasteiger partial charge in [-0.15, -0.1) is 0 Å². The molecular weight excluding hydrogens is 336 g/mol. The van der Waals surface area contributed by atoms with Gasteiger partial charge < -0.3 is 9.84 Å². The van der Waals surface area contributed by atoms with Crippen LogP contribution in [0.1, 0.15) is 5.56 Å². The fourth-order valence-electron chi connectivity index (χ4n) is 2.23. The van der Waals surface area contributed by atoms with Gasteiger partial charge in [-0.1, -0.05) is 11.2 Å². The molecule has 0 fully saturated rings. The summed E-state index contributed by atoms with van der Waals surface area (Å²) in [6, 6.07) is 11.1. The topological polar surface area (TPSA) is 101 Å². The Kier molecular flexibility index (Phi) is 3.90. The van der Waals surface area contributed by atoms with Crippen LogP contribution >= 0.6 is 11.3 Å². The highest BCUT2D eigenvalue weighted by Crippen LogP contribution is 2.29. The molecule has 0 atom stereocenters. The molecule has 0 saturated heterocycles. The summed E-state index contributed by atoms with van der Waals surface area (Å²) in [5.74, 6) is 1.35. The van der Waals surface area contributed by atoms with Gasteiger partial charge in [0.25, 0.3) is 5.89 Å². The van der Waals surface area contributed by atoms with Gasteiger partial charge >= 0.3 is 0 Å². The van der Waals surface area contributed by atoms with Crippen molar-refractivity contribution in [2.24, 2.45) is 0 Å². The second-order valence-electron chi connectivity index (χ2n) is 5.04. The first kappa shape index (κ1) is 15.0. The number of aromatic nitrogens is 4. The molecule has 25 heavy (non-hydrogen) atoms. The Labute approximate surface area is 146 Å². The van der Waals surface area contributed by atoms with Crippen LogP contribution < -0.4 is 5.32 Å². The highest BCUT2D eigenvalue weighted by molar-refractivity contribution is 7.08. The SMILES string of the molecule is N#Cc1cccc(Nc2ncncc2-c2nc(-c3ccsc3)no2)c1. The third kappa shape index (κ3) is 3.08. The van der Waals surface area contributed by atoms with Crippen LogP contribution in [-0.2, 0) is 0 Å². The Morgan fingerprint density at radius 3 is 3.04 bits per heavy atom. The molecule has 0 aliphatic carbocycles. The normalized spacial score (nSPS) is 10.4. The predicted molar refractivity (Wildman–Crippen MR) is 93.1 cm³/mol. The molecule has 7 nitrogen and oxygen atoms in total. The van der Waals surface area contributed by atoms with Gasteiger partial charge in [-0.05, 0) is 29.6 Å². The van der Waals surface area contributed by atoms with Crippen molar-refractivity contribution < 1.29 is 4.52 Å². The van der Waals surface area contributed by atoms with Crippen LogP contribution in [0.2, 0.25) is 0 Å². The summed E-state index contributed by atoms with van der Waals surface area (Å²) in [6.07, 6.45) is 3.03. The summed E-state index contributed by atoms with van der Waals surface area (Å²) in [7, 11) is 0. The van der Waals surface area contributed by atoms with E-state index < -0.39 is 0 Å². The number of hydrogen-bond donors (Lipinski definition) is 1. The van der Waals surface area contributed by atoms with Crippen molar-refractivity contribution in [1.82, 2.24) is 20.1 Å². The molecule has 4 rings (SSSR count). The Balaban J connectivity index is 1.69. The van der Waals surface area contributed by atoms with E-state index >= 15 is 0 Å². The number of rotatable bonds is 4. The minimum absolute atomic E-state index is 0.320. The first-order chi connectivity index (χ1) is 12.3. The van der Waals surface area contributed by atoms with E-state index in [2.05, 4.69) is 31.5 Å². The van der Waals surface area contributed by atoms with E-state index in [9.17, 15) is 0 Å². The van der Waals surface area contributed by atoms with Gasteiger partial charge in [0.05, 0.1) is 11.6 Å². The average molecular weight is 346 g/mol. The van der Waals surface area contributed by atoms with Crippen molar-refractivity contribution in [3.63, 3.8) is 0 Å². The molecule has 1 N–H and O–H groups in total. The standard InChI is InChI=1S/C17H10N6OS/c18-7-11-2-1-3-13(6-11)21-16-14(8-19-10-20-16)17-22-15(23-24-17)12-4-5-25-9-12/h1-6,8-10H,(H,19,20,21). The smallest absolute Gasteiger partial charge is 0.263 e. The third-order valence-electron chi connectivity index (χ3n) is 3.40. The number of anilines is 2. The maximum Gasteiger partial charge on any atom is 0.263 e. The fourth-order valence-corrected chi connectivity index (χ4v) is 2.87.